The minimum atomic E-state index is -0.932. The Bertz CT molecular complexity index is 588. The Hall–Kier alpha value is -2.44. The van der Waals surface area contributed by atoms with E-state index in [1.54, 1.807) is 6.07 Å². The quantitative estimate of drug-likeness (QED) is 0.792. The summed E-state index contributed by atoms with van der Waals surface area (Å²) in [4.78, 5) is 7.94. The van der Waals surface area contributed by atoms with Gasteiger partial charge in [0.2, 0.25) is 5.95 Å². The van der Waals surface area contributed by atoms with Gasteiger partial charge in [0.1, 0.15) is 11.6 Å². The molecule has 4 N–H and O–H groups in total. The average molecular weight is 265 g/mol. The molecule has 5 nitrogen and oxygen atoms in total. The first-order chi connectivity index (χ1) is 9.08. The molecule has 7 heteroatoms. The van der Waals surface area contributed by atoms with Crippen molar-refractivity contribution in [3.05, 3.63) is 35.9 Å². The summed E-state index contributed by atoms with van der Waals surface area (Å²) in [7, 11) is 0. The lowest BCUT2D eigenvalue weighted by atomic mass is 10.3. The van der Waals surface area contributed by atoms with Crippen LogP contribution in [0.25, 0.3) is 0 Å². The van der Waals surface area contributed by atoms with E-state index < -0.39 is 11.6 Å². The normalized spacial score (nSPS) is 10.3. The molecular weight excluding hydrogens is 252 g/mol. The highest BCUT2D eigenvalue weighted by Gasteiger charge is 2.05. The third kappa shape index (κ3) is 3.27. The van der Waals surface area contributed by atoms with Crippen molar-refractivity contribution in [1.82, 2.24) is 9.97 Å². The molecule has 0 saturated heterocycles. The number of anilines is 4. The van der Waals surface area contributed by atoms with Gasteiger partial charge in [0.25, 0.3) is 0 Å². The molecule has 1 aromatic heterocycles. The van der Waals surface area contributed by atoms with Crippen molar-refractivity contribution in [3.8, 4) is 0 Å². The van der Waals surface area contributed by atoms with Crippen LogP contribution in [0.3, 0.4) is 0 Å². The molecule has 0 saturated carbocycles. The van der Waals surface area contributed by atoms with Gasteiger partial charge in [0.15, 0.2) is 11.6 Å². The Balaban J connectivity index is 2.24. The second kappa shape index (κ2) is 5.47. The fourth-order valence-corrected chi connectivity index (χ4v) is 1.52. The predicted octanol–water partition coefficient (Wildman–Crippen LogP) is 2.51. The van der Waals surface area contributed by atoms with Crippen molar-refractivity contribution < 1.29 is 8.78 Å². The second-order valence-electron chi connectivity index (χ2n) is 3.78. The predicted molar refractivity (Wildman–Crippen MR) is 70.2 cm³/mol. The number of nitrogens with two attached hydrogens (primary N) is 1. The Kier molecular flexibility index (Phi) is 3.74. The molecule has 19 heavy (non-hydrogen) atoms. The number of rotatable bonds is 4. The van der Waals surface area contributed by atoms with Crippen LogP contribution in [0.5, 0.6) is 0 Å². The molecule has 0 amide bonds. The van der Waals surface area contributed by atoms with E-state index in [1.165, 1.54) is 6.07 Å². The van der Waals surface area contributed by atoms with Crippen LogP contribution in [-0.2, 0) is 0 Å². The summed E-state index contributed by atoms with van der Waals surface area (Å²) in [6.07, 6.45) is 0. The molecule has 0 spiro atoms. The fourth-order valence-electron chi connectivity index (χ4n) is 1.52. The monoisotopic (exact) mass is 265 g/mol. The maximum atomic E-state index is 13.1. The largest absolute Gasteiger partial charge is 0.370 e. The molecule has 1 heterocycles. The fraction of sp³-hybridized carbons (Fsp3) is 0.167. The summed E-state index contributed by atoms with van der Waals surface area (Å²) in [6.45, 7) is 2.60. The van der Waals surface area contributed by atoms with Crippen molar-refractivity contribution in [2.24, 2.45) is 0 Å². The summed E-state index contributed by atoms with van der Waals surface area (Å²) in [6, 6.07) is 5.11. The van der Waals surface area contributed by atoms with E-state index in [9.17, 15) is 8.78 Å². The molecule has 2 rings (SSSR count). The number of hydrogen-bond donors (Lipinski definition) is 3. The number of nitrogens with zero attached hydrogens (tertiary/aromatic N) is 2. The molecule has 0 aliphatic heterocycles. The van der Waals surface area contributed by atoms with Crippen LogP contribution < -0.4 is 16.4 Å². The summed E-state index contributed by atoms with van der Waals surface area (Å²) in [5.41, 5.74) is 5.94. The smallest absolute Gasteiger partial charge is 0.223 e. The van der Waals surface area contributed by atoms with Crippen molar-refractivity contribution in [2.75, 3.05) is 22.9 Å². The first-order valence-electron chi connectivity index (χ1n) is 5.69. The highest BCUT2D eigenvalue weighted by Crippen LogP contribution is 2.20. The van der Waals surface area contributed by atoms with E-state index in [4.69, 9.17) is 5.73 Å². The van der Waals surface area contributed by atoms with Crippen LogP contribution in [0.1, 0.15) is 6.92 Å². The molecule has 0 unspecified atom stereocenters. The standard InChI is InChI=1S/C12H13F2N5/c1-2-16-10-6-11(19-12(15)18-10)17-7-3-4-8(13)9(14)5-7/h3-6H,2H2,1H3,(H4,15,16,17,18,19). The minimum absolute atomic E-state index is 0.0866. The number of aromatic nitrogens is 2. The zero-order valence-corrected chi connectivity index (χ0v) is 10.2. The van der Waals surface area contributed by atoms with Crippen LogP contribution in [0.15, 0.2) is 24.3 Å². The van der Waals surface area contributed by atoms with Gasteiger partial charge in [0, 0.05) is 24.4 Å². The molecule has 0 aliphatic carbocycles. The third-order valence-corrected chi connectivity index (χ3v) is 2.29. The van der Waals surface area contributed by atoms with Crippen molar-refractivity contribution in [3.63, 3.8) is 0 Å². The van der Waals surface area contributed by atoms with Gasteiger partial charge in [0.05, 0.1) is 0 Å². The van der Waals surface area contributed by atoms with E-state index >= 15 is 0 Å². The van der Waals surface area contributed by atoms with E-state index in [2.05, 4.69) is 20.6 Å². The van der Waals surface area contributed by atoms with Crippen LogP contribution in [0.2, 0.25) is 0 Å². The number of halogens is 2. The SMILES string of the molecule is CCNc1cc(Nc2ccc(F)c(F)c2)nc(N)n1. The molecule has 0 bridgehead atoms. The van der Waals surface area contributed by atoms with E-state index in [0.717, 1.165) is 12.1 Å². The summed E-state index contributed by atoms with van der Waals surface area (Å²) < 4.78 is 25.9. The van der Waals surface area contributed by atoms with Crippen molar-refractivity contribution in [2.45, 2.75) is 6.92 Å². The lowest BCUT2D eigenvalue weighted by molar-refractivity contribution is 0.509. The average Bonchev–Trinajstić information content (AvgIpc) is 2.33. The molecule has 0 atom stereocenters. The Morgan fingerprint density at radius 3 is 2.53 bits per heavy atom. The number of hydrogen-bond acceptors (Lipinski definition) is 5. The molecular formula is C12H13F2N5. The topological polar surface area (TPSA) is 75.9 Å². The van der Waals surface area contributed by atoms with Gasteiger partial charge in [-0.3, -0.25) is 0 Å². The summed E-state index contributed by atoms with van der Waals surface area (Å²) >= 11 is 0. The molecule has 1 aromatic carbocycles. The lowest BCUT2D eigenvalue weighted by Gasteiger charge is -2.09. The Morgan fingerprint density at radius 1 is 1.11 bits per heavy atom. The van der Waals surface area contributed by atoms with E-state index in [-0.39, 0.29) is 5.95 Å². The van der Waals surface area contributed by atoms with Gasteiger partial charge in [-0.2, -0.15) is 9.97 Å². The summed E-state index contributed by atoms with van der Waals surface area (Å²) in [5.74, 6) is -0.793. The van der Waals surface area contributed by atoms with Crippen LogP contribution in [0.4, 0.5) is 32.1 Å². The third-order valence-electron chi connectivity index (χ3n) is 2.29. The van der Waals surface area contributed by atoms with Gasteiger partial charge in [-0.15, -0.1) is 0 Å². The summed E-state index contributed by atoms with van der Waals surface area (Å²) in [5, 5.41) is 5.82. The van der Waals surface area contributed by atoms with Crippen LogP contribution in [0, 0.1) is 11.6 Å². The number of nitrogens with one attached hydrogen (secondary N) is 2. The second-order valence-corrected chi connectivity index (χ2v) is 3.78. The number of benzene rings is 1. The van der Waals surface area contributed by atoms with Gasteiger partial charge >= 0.3 is 0 Å². The first kappa shape index (κ1) is 13.0. The Labute approximate surface area is 108 Å². The van der Waals surface area contributed by atoms with Gasteiger partial charge in [-0.25, -0.2) is 8.78 Å². The van der Waals surface area contributed by atoms with Gasteiger partial charge < -0.3 is 16.4 Å². The maximum absolute atomic E-state index is 13.1. The zero-order chi connectivity index (χ0) is 13.8. The first-order valence-corrected chi connectivity index (χ1v) is 5.69. The van der Waals surface area contributed by atoms with Gasteiger partial charge in [-0.1, -0.05) is 0 Å². The van der Waals surface area contributed by atoms with E-state index in [0.29, 0.717) is 23.9 Å². The van der Waals surface area contributed by atoms with Crippen LogP contribution in [-0.4, -0.2) is 16.5 Å². The van der Waals surface area contributed by atoms with Gasteiger partial charge in [-0.05, 0) is 19.1 Å². The van der Waals surface area contributed by atoms with Crippen LogP contribution >= 0.6 is 0 Å². The molecule has 0 fully saturated rings. The molecule has 0 radical (unpaired) electrons. The minimum Gasteiger partial charge on any atom is -0.370 e. The highest BCUT2D eigenvalue weighted by molar-refractivity contribution is 5.60. The zero-order valence-electron chi connectivity index (χ0n) is 10.2. The maximum Gasteiger partial charge on any atom is 0.223 e. The van der Waals surface area contributed by atoms with E-state index in [1.807, 2.05) is 6.92 Å². The van der Waals surface area contributed by atoms with Crippen molar-refractivity contribution >= 4 is 23.3 Å². The van der Waals surface area contributed by atoms with Crippen molar-refractivity contribution in [1.29, 1.82) is 0 Å². The molecule has 2 aromatic rings. The Morgan fingerprint density at radius 2 is 1.84 bits per heavy atom. The highest BCUT2D eigenvalue weighted by atomic mass is 19.2. The molecule has 0 aliphatic rings. The molecule has 100 valence electrons. The number of nitrogen functional groups attached to an aromatic ring is 1. The lowest BCUT2D eigenvalue weighted by Crippen LogP contribution is -2.05.